The van der Waals surface area contributed by atoms with E-state index in [4.69, 9.17) is 32.9 Å². The van der Waals surface area contributed by atoms with E-state index in [1.807, 2.05) is 48.5 Å². The van der Waals surface area contributed by atoms with Crippen LogP contribution < -0.4 is 31.6 Å². The van der Waals surface area contributed by atoms with Gasteiger partial charge in [0.15, 0.2) is 0 Å². The third kappa shape index (κ3) is 7.36. The van der Waals surface area contributed by atoms with E-state index in [0.717, 1.165) is 12.0 Å². The van der Waals surface area contributed by atoms with Gasteiger partial charge in [0.2, 0.25) is 11.8 Å². The Kier molecular flexibility index (Phi) is 10.2. The number of methoxy groups -OCH3 is 1. The van der Waals surface area contributed by atoms with Crippen molar-refractivity contribution in [2.75, 3.05) is 20.2 Å². The third-order valence-corrected chi connectivity index (χ3v) is 10.4. The van der Waals surface area contributed by atoms with Crippen LogP contribution in [0.2, 0.25) is 10.0 Å². The maximum absolute atomic E-state index is 13.6. The number of hydrogen-bond donors (Lipinski definition) is 4. The molecular weight excluding hydrogens is 729 g/mol. The lowest BCUT2D eigenvalue weighted by molar-refractivity contribution is -0.139. The molecule has 53 heavy (non-hydrogen) atoms. The third-order valence-electron chi connectivity index (χ3n) is 9.58. The van der Waals surface area contributed by atoms with Crippen LogP contribution in [-0.4, -0.2) is 69.2 Å². The van der Waals surface area contributed by atoms with Crippen LogP contribution >= 0.6 is 23.2 Å². The summed E-state index contributed by atoms with van der Waals surface area (Å²) in [6.45, 7) is 1.36. The van der Waals surface area contributed by atoms with Gasteiger partial charge in [-0.1, -0.05) is 65.7 Å². The van der Waals surface area contributed by atoms with Crippen LogP contribution in [0.3, 0.4) is 0 Å². The first-order valence-electron chi connectivity index (χ1n) is 17.0. The molecule has 2 aromatic carbocycles. The van der Waals surface area contributed by atoms with Crippen molar-refractivity contribution in [2.24, 2.45) is 7.05 Å². The van der Waals surface area contributed by atoms with Gasteiger partial charge in [0.05, 0.1) is 29.4 Å². The standard InChI is InChI=1S/C37H36Cl2F2N8O4/c1-48-30(18-43-17-23-14-37(40,41)36(52)45-23)47-49-19-21(13-29(49)35(48)51)24-5-3-6-25(32(24)38)26-7-4-8-27(33(26)39)28-11-9-20(34(46-28)53-2)15-42-16-22-10-12-31(50)44-22/h3-9,11,13,19,22-23,42-43H,10,12,14-18H2,1-2H3,(H,44,50)(H,45,52)/t22-,23-/m1/s1. The van der Waals surface area contributed by atoms with E-state index in [9.17, 15) is 23.2 Å². The first-order chi connectivity index (χ1) is 25.4. The topological polar surface area (TPSA) is 144 Å². The molecule has 2 atom stereocenters. The van der Waals surface area contributed by atoms with Gasteiger partial charge in [-0.05, 0) is 18.6 Å². The van der Waals surface area contributed by atoms with E-state index in [1.54, 1.807) is 26.4 Å². The van der Waals surface area contributed by atoms with E-state index in [0.29, 0.717) is 80.3 Å². The SMILES string of the molecule is COc1nc(-c2cccc(-c3cccc(-c4cc5c(=O)n(C)c(CNC[C@H]6CC(F)(F)C(=O)N6)nn5c4)c3Cl)c2Cl)ccc1CNC[C@H]1CCC(=O)N1. The fourth-order valence-electron chi connectivity index (χ4n) is 6.74. The summed E-state index contributed by atoms with van der Waals surface area (Å²) in [4.78, 5) is 41.1. The average Bonchev–Trinajstić information content (AvgIpc) is 3.83. The smallest absolute Gasteiger partial charge is 0.326 e. The van der Waals surface area contributed by atoms with Crippen molar-refractivity contribution >= 4 is 40.5 Å². The minimum atomic E-state index is -3.39. The van der Waals surface area contributed by atoms with Crippen molar-refractivity contribution in [3.63, 3.8) is 0 Å². The lowest BCUT2D eigenvalue weighted by Gasteiger charge is -2.15. The van der Waals surface area contributed by atoms with E-state index in [2.05, 4.69) is 26.4 Å². The van der Waals surface area contributed by atoms with Crippen LogP contribution in [-0.2, 0) is 29.7 Å². The summed E-state index contributed by atoms with van der Waals surface area (Å²) in [5.41, 5.74) is 4.84. The molecule has 5 heterocycles. The van der Waals surface area contributed by atoms with Crippen LogP contribution in [0.5, 0.6) is 5.88 Å². The highest BCUT2D eigenvalue weighted by molar-refractivity contribution is 6.39. The summed E-state index contributed by atoms with van der Waals surface area (Å²) in [6, 6.07) is 16.1. The van der Waals surface area contributed by atoms with Gasteiger partial charge in [-0.25, -0.2) is 9.50 Å². The van der Waals surface area contributed by atoms with E-state index in [1.165, 1.54) is 9.08 Å². The zero-order valence-electron chi connectivity index (χ0n) is 28.8. The summed E-state index contributed by atoms with van der Waals surface area (Å²) in [7, 11) is 3.15. The van der Waals surface area contributed by atoms with Gasteiger partial charge < -0.3 is 26.0 Å². The summed E-state index contributed by atoms with van der Waals surface area (Å²) >= 11 is 14.1. The number of hydrogen-bond acceptors (Lipinski definition) is 8. The van der Waals surface area contributed by atoms with Gasteiger partial charge in [0.25, 0.3) is 11.5 Å². The molecule has 16 heteroatoms. The largest absolute Gasteiger partial charge is 0.481 e. The van der Waals surface area contributed by atoms with E-state index in [-0.39, 0.29) is 30.6 Å². The molecule has 0 aliphatic carbocycles. The molecule has 4 N–H and O–H groups in total. The number of halogens is 4. The number of alkyl halides is 2. The van der Waals surface area contributed by atoms with Crippen molar-refractivity contribution in [1.82, 2.24) is 40.4 Å². The number of benzene rings is 2. The Bertz CT molecular complexity index is 2300. The van der Waals surface area contributed by atoms with Crippen LogP contribution in [0.4, 0.5) is 8.78 Å². The molecule has 2 amide bonds. The maximum Gasteiger partial charge on any atom is 0.326 e. The number of nitrogens with zero attached hydrogens (tertiary/aromatic N) is 4. The number of carbonyl (C=O) groups is 2. The molecule has 2 aliphatic heterocycles. The first kappa shape index (κ1) is 36.5. The second-order valence-corrected chi connectivity index (χ2v) is 13.9. The van der Waals surface area contributed by atoms with E-state index < -0.39 is 24.3 Å². The Morgan fingerprint density at radius 2 is 1.60 bits per heavy atom. The molecule has 0 radical (unpaired) electrons. The van der Waals surface area contributed by atoms with Crippen LogP contribution in [0.15, 0.2) is 65.6 Å². The number of pyridine rings is 1. The molecule has 2 fully saturated rings. The lowest BCUT2D eigenvalue weighted by atomic mass is 9.97. The monoisotopic (exact) mass is 764 g/mol. The predicted octanol–water partition coefficient (Wildman–Crippen LogP) is 4.73. The first-order valence-corrected chi connectivity index (χ1v) is 17.8. The number of nitrogens with one attached hydrogen (secondary N) is 4. The lowest BCUT2D eigenvalue weighted by Crippen LogP contribution is -2.37. The summed E-state index contributed by atoms with van der Waals surface area (Å²) < 4.78 is 35.7. The van der Waals surface area contributed by atoms with Gasteiger partial charge in [0.1, 0.15) is 11.3 Å². The van der Waals surface area contributed by atoms with Crippen molar-refractivity contribution in [1.29, 1.82) is 0 Å². The normalized spacial score (nSPS) is 18.1. The van der Waals surface area contributed by atoms with Crippen molar-refractivity contribution < 1.29 is 23.1 Å². The number of carbonyl (C=O) groups excluding carboxylic acids is 2. The Balaban J connectivity index is 1.11. The highest BCUT2D eigenvalue weighted by atomic mass is 35.5. The number of ether oxygens (including phenoxy) is 1. The number of aromatic nitrogens is 4. The molecule has 2 saturated heterocycles. The molecule has 0 bridgehead atoms. The van der Waals surface area contributed by atoms with Gasteiger partial charge in [-0.3, -0.25) is 19.0 Å². The molecule has 12 nitrogen and oxygen atoms in total. The summed E-state index contributed by atoms with van der Waals surface area (Å²) in [6.07, 6.45) is 2.46. The van der Waals surface area contributed by atoms with Crippen LogP contribution in [0, 0.1) is 0 Å². The van der Waals surface area contributed by atoms with Crippen molar-refractivity contribution in [3.8, 4) is 39.4 Å². The molecule has 5 aromatic rings. The highest BCUT2D eigenvalue weighted by Crippen LogP contribution is 2.42. The van der Waals surface area contributed by atoms with Crippen molar-refractivity contribution in [3.05, 3.63) is 92.6 Å². The molecule has 0 saturated carbocycles. The molecule has 2 aliphatic rings. The highest BCUT2D eigenvalue weighted by Gasteiger charge is 2.47. The van der Waals surface area contributed by atoms with Crippen LogP contribution in [0.25, 0.3) is 39.0 Å². The average molecular weight is 766 g/mol. The number of amides is 2. The van der Waals surface area contributed by atoms with Gasteiger partial charge in [0, 0.05) is 91.2 Å². The Labute approximate surface area is 312 Å². The number of fused-ring (bicyclic) bond motifs is 1. The van der Waals surface area contributed by atoms with Crippen LogP contribution in [0.1, 0.15) is 30.7 Å². The molecule has 3 aromatic heterocycles. The Hall–Kier alpha value is -4.89. The zero-order valence-corrected chi connectivity index (χ0v) is 30.3. The number of rotatable bonds is 12. The second-order valence-electron chi connectivity index (χ2n) is 13.2. The fraction of sp³-hybridized carbons (Fsp3) is 0.324. The molecule has 0 spiro atoms. The predicted molar refractivity (Wildman–Crippen MR) is 197 cm³/mol. The van der Waals surface area contributed by atoms with Crippen molar-refractivity contribution in [2.45, 2.75) is 50.4 Å². The van der Waals surface area contributed by atoms with Gasteiger partial charge in [-0.15, -0.1) is 0 Å². The molecule has 7 rings (SSSR count). The van der Waals surface area contributed by atoms with Gasteiger partial charge in [-0.2, -0.15) is 13.9 Å². The summed E-state index contributed by atoms with van der Waals surface area (Å²) in [5.74, 6) is -3.77. The minimum absolute atomic E-state index is 0.0746. The molecule has 276 valence electrons. The van der Waals surface area contributed by atoms with E-state index >= 15 is 0 Å². The minimum Gasteiger partial charge on any atom is -0.481 e. The zero-order chi connectivity index (χ0) is 37.4. The van der Waals surface area contributed by atoms with Gasteiger partial charge >= 0.3 is 5.92 Å². The maximum atomic E-state index is 13.6. The summed E-state index contributed by atoms with van der Waals surface area (Å²) in [5, 5.41) is 17.1. The quantitative estimate of drug-likeness (QED) is 0.143. The molecule has 0 unspecified atom stereocenters. The fourth-order valence-corrected chi connectivity index (χ4v) is 7.41. The second kappa shape index (κ2) is 14.9. The Morgan fingerprint density at radius 1 is 0.925 bits per heavy atom. The Morgan fingerprint density at radius 3 is 2.28 bits per heavy atom. The molecular formula is C37H36Cl2F2N8O4.